The number of unbranched alkanes of at least 4 members (excludes halogenated alkanes) is 2. The third-order valence-electron chi connectivity index (χ3n) is 5.91. The molecule has 0 aliphatic rings. The lowest BCUT2D eigenvalue weighted by Gasteiger charge is -2.23. The molecule has 0 aliphatic carbocycles. The first-order valence-electron chi connectivity index (χ1n) is 12.3. The van der Waals surface area contributed by atoms with Crippen LogP contribution in [0.15, 0.2) is 49.6 Å². The highest BCUT2D eigenvalue weighted by atomic mass is 19.1. The zero-order chi connectivity index (χ0) is 27.5. The molecule has 0 fully saturated rings. The average Bonchev–Trinajstić information content (AvgIpc) is 2.82. The van der Waals surface area contributed by atoms with Gasteiger partial charge in [-0.15, -0.1) is 13.2 Å². The van der Waals surface area contributed by atoms with Crippen LogP contribution in [0.25, 0.3) is 11.1 Å². The maximum atomic E-state index is 15.2. The molecular formula is C29H34F3NO4. The summed E-state index contributed by atoms with van der Waals surface area (Å²) in [5.74, 6) is -3.77. The third kappa shape index (κ3) is 8.32. The Bertz CT molecular complexity index is 1130. The molecule has 0 spiro atoms. The van der Waals surface area contributed by atoms with Crippen LogP contribution in [-0.2, 0) is 20.7 Å². The normalized spacial score (nSPS) is 12.5. The number of hydrogen-bond donors (Lipinski definition) is 2. The Labute approximate surface area is 216 Å². The van der Waals surface area contributed by atoms with Crippen LogP contribution in [0.3, 0.4) is 0 Å². The largest absolute Gasteiger partial charge is 0.466 e. The fraction of sp³-hybridized carbons (Fsp3) is 0.379. The standard InChI is InChI=1S/C29H34F3NO4/c1-5-8-9-10-12-19-14-20(30)15-24(32)28(19)21-16-22(23(31)13-18(21)4)25(17-27(35)37-7-3)33-29(36)26(34)11-6-2/h5-6,13-16,25-26,34H,1-2,7-12,17H2,3-4H3,(H,33,36)/t25-,26+/m0/s1. The summed E-state index contributed by atoms with van der Waals surface area (Å²) in [7, 11) is 0. The molecule has 2 rings (SSSR count). The van der Waals surface area contributed by atoms with Crippen LogP contribution in [0.5, 0.6) is 0 Å². The minimum atomic E-state index is -1.45. The van der Waals surface area contributed by atoms with Crippen LogP contribution in [0.4, 0.5) is 13.2 Å². The van der Waals surface area contributed by atoms with E-state index in [9.17, 15) is 19.1 Å². The molecule has 0 heterocycles. The lowest BCUT2D eigenvalue weighted by Crippen LogP contribution is -2.38. The van der Waals surface area contributed by atoms with Crippen molar-refractivity contribution in [1.82, 2.24) is 5.32 Å². The highest BCUT2D eigenvalue weighted by Crippen LogP contribution is 2.35. The number of aliphatic hydroxyl groups is 1. The van der Waals surface area contributed by atoms with E-state index >= 15 is 8.78 Å². The summed E-state index contributed by atoms with van der Waals surface area (Å²) >= 11 is 0. The van der Waals surface area contributed by atoms with Crippen molar-refractivity contribution in [3.8, 4) is 11.1 Å². The van der Waals surface area contributed by atoms with Crippen molar-refractivity contribution in [3.63, 3.8) is 0 Å². The highest BCUT2D eigenvalue weighted by molar-refractivity contribution is 5.82. The number of carbonyl (C=O) groups is 2. The topological polar surface area (TPSA) is 75.6 Å². The number of aliphatic hydroxyl groups excluding tert-OH is 1. The molecule has 0 radical (unpaired) electrons. The number of amides is 1. The molecule has 1 amide bonds. The number of allylic oxidation sites excluding steroid dienone is 1. The van der Waals surface area contributed by atoms with Gasteiger partial charge in [0.2, 0.25) is 5.91 Å². The number of nitrogens with one attached hydrogen (secondary N) is 1. The van der Waals surface area contributed by atoms with Crippen LogP contribution >= 0.6 is 0 Å². The Kier molecular flexibility index (Phi) is 11.6. The summed E-state index contributed by atoms with van der Waals surface area (Å²) in [6.07, 6.45) is 3.81. The van der Waals surface area contributed by atoms with Gasteiger partial charge in [-0.2, -0.15) is 0 Å². The number of carbonyl (C=O) groups excluding carboxylic acids is 2. The zero-order valence-corrected chi connectivity index (χ0v) is 21.3. The average molecular weight is 518 g/mol. The number of halogens is 3. The van der Waals surface area contributed by atoms with E-state index in [0.29, 0.717) is 29.5 Å². The van der Waals surface area contributed by atoms with Gasteiger partial charge in [-0.1, -0.05) is 12.2 Å². The number of benzene rings is 2. The Morgan fingerprint density at radius 1 is 1.08 bits per heavy atom. The quantitative estimate of drug-likeness (QED) is 0.182. The molecule has 0 bridgehead atoms. The highest BCUT2D eigenvalue weighted by Gasteiger charge is 2.27. The Morgan fingerprint density at radius 2 is 1.81 bits per heavy atom. The molecule has 200 valence electrons. The lowest BCUT2D eigenvalue weighted by atomic mass is 9.89. The fourth-order valence-corrected chi connectivity index (χ4v) is 4.11. The molecule has 5 nitrogen and oxygen atoms in total. The van der Waals surface area contributed by atoms with Crippen LogP contribution in [0.2, 0.25) is 0 Å². The SMILES string of the molecule is C=CCCCCc1cc(F)cc(F)c1-c1cc([C@H](CC(=O)OCC)NC(=O)[C@H](O)CC=C)c(F)cc1C. The minimum absolute atomic E-state index is 0.0460. The third-order valence-corrected chi connectivity index (χ3v) is 5.91. The molecule has 2 aromatic rings. The van der Waals surface area contributed by atoms with Crippen molar-refractivity contribution in [2.45, 2.75) is 64.5 Å². The van der Waals surface area contributed by atoms with Crippen molar-refractivity contribution >= 4 is 11.9 Å². The van der Waals surface area contributed by atoms with Crippen molar-refractivity contribution in [3.05, 3.63) is 83.7 Å². The fourth-order valence-electron chi connectivity index (χ4n) is 4.11. The van der Waals surface area contributed by atoms with Crippen LogP contribution in [-0.4, -0.2) is 29.7 Å². The van der Waals surface area contributed by atoms with Gasteiger partial charge in [0.05, 0.1) is 19.1 Å². The van der Waals surface area contributed by atoms with Crippen molar-refractivity contribution in [1.29, 1.82) is 0 Å². The second-order valence-corrected chi connectivity index (χ2v) is 8.76. The van der Waals surface area contributed by atoms with Crippen LogP contribution in [0.1, 0.15) is 61.8 Å². The van der Waals surface area contributed by atoms with E-state index in [0.717, 1.165) is 18.9 Å². The summed E-state index contributed by atoms with van der Waals surface area (Å²) in [5.41, 5.74) is 1.17. The molecular weight excluding hydrogens is 483 g/mol. The number of esters is 1. The summed E-state index contributed by atoms with van der Waals surface area (Å²) in [6, 6.07) is 3.37. The molecule has 37 heavy (non-hydrogen) atoms. The van der Waals surface area contributed by atoms with Gasteiger partial charge in [-0.3, -0.25) is 9.59 Å². The van der Waals surface area contributed by atoms with Crippen molar-refractivity contribution in [2.24, 2.45) is 0 Å². The second-order valence-electron chi connectivity index (χ2n) is 8.76. The molecule has 0 unspecified atom stereocenters. The van der Waals surface area contributed by atoms with E-state index < -0.39 is 47.9 Å². The van der Waals surface area contributed by atoms with Gasteiger partial charge in [-0.05, 0) is 74.4 Å². The Morgan fingerprint density at radius 3 is 2.46 bits per heavy atom. The molecule has 0 saturated carbocycles. The van der Waals surface area contributed by atoms with E-state index in [4.69, 9.17) is 4.74 Å². The predicted octanol–water partition coefficient (Wildman–Crippen LogP) is 6.03. The molecule has 2 aromatic carbocycles. The van der Waals surface area contributed by atoms with Gasteiger partial charge < -0.3 is 15.2 Å². The lowest BCUT2D eigenvalue weighted by molar-refractivity contribution is -0.144. The molecule has 2 N–H and O–H groups in total. The van der Waals surface area contributed by atoms with Gasteiger partial charge in [0.1, 0.15) is 23.6 Å². The monoisotopic (exact) mass is 517 g/mol. The number of rotatable bonds is 14. The molecule has 8 heteroatoms. The molecule has 0 aromatic heterocycles. The predicted molar refractivity (Wildman–Crippen MR) is 137 cm³/mol. The van der Waals surface area contributed by atoms with Crippen molar-refractivity contribution in [2.75, 3.05) is 6.61 Å². The summed E-state index contributed by atoms with van der Waals surface area (Å²) < 4.78 is 49.5. The van der Waals surface area contributed by atoms with E-state index in [1.165, 1.54) is 24.3 Å². The first-order chi connectivity index (χ1) is 17.6. The van der Waals surface area contributed by atoms with E-state index in [-0.39, 0.29) is 24.2 Å². The van der Waals surface area contributed by atoms with E-state index in [1.54, 1.807) is 19.9 Å². The first-order valence-corrected chi connectivity index (χ1v) is 12.3. The van der Waals surface area contributed by atoms with Gasteiger partial charge in [0.25, 0.3) is 0 Å². The first kappa shape index (κ1) is 29.8. The minimum Gasteiger partial charge on any atom is -0.466 e. The van der Waals surface area contributed by atoms with Crippen molar-refractivity contribution < 1.29 is 32.6 Å². The van der Waals surface area contributed by atoms with E-state index in [2.05, 4.69) is 18.5 Å². The zero-order valence-electron chi connectivity index (χ0n) is 21.3. The Hall–Kier alpha value is -3.39. The van der Waals surface area contributed by atoms with Gasteiger partial charge in [0.15, 0.2) is 0 Å². The van der Waals surface area contributed by atoms with E-state index in [1.807, 2.05) is 0 Å². The molecule has 0 aliphatic heterocycles. The van der Waals surface area contributed by atoms with Crippen LogP contribution < -0.4 is 5.32 Å². The smallest absolute Gasteiger partial charge is 0.308 e. The number of aryl methyl sites for hydroxylation is 2. The van der Waals surface area contributed by atoms with Gasteiger partial charge >= 0.3 is 5.97 Å². The molecule has 2 atom stereocenters. The summed E-state index contributed by atoms with van der Waals surface area (Å²) in [4.78, 5) is 24.8. The summed E-state index contributed by atoms with van der Waals surface area (Å²) in [6.45, 7) is 10.4. The Balaban J connectivity index is 2.59. The number of hydrogen-bond acceptors (Lipinski definition) is 4. The second kappa shape index (κ2) is 14.4. The van der Waals surface area contributed by atoms with Gasteiger partial charge in [-0.25, -0.2) is 13.2 Å². The maximum absolute atomic E-state index is 15.2. The van der Waals surface area contributed by atoms with Gasteiger partial charge in [0, 0.05) is 23.6 Å². The maximum Gasteiger partial charge on any atom is 0.308 e. The summed E-state index contributed by atoms with van der Waals surface area (Å²) in [5, 5.41) is 12.5. The molecule has 0 saturated heterocycles. The van der Waals surface area contributed by atoms with Crippen LogP contribution in [0, 0.1) is 24.4 Å². The number of ether oxygens (including phenoxy) is 1.